The standard InChI is InChI=1S/C18H33F6N/c1-4-6-8-10-12-16(3,13-11-9-7-5-2)25(14-17(19,20)21)15-18(22,23)24/h4-15H2,1-3H3. The third-order valence-corrected chi connectivity index (χ3v) is 4.64. The molecule has 0 bridgehead atoms. The van der Waals surface area contributed by atoms with Gasteiger partial charge in [0.15, 0.2) is 0 Å². The molecule has 25 heavy (non-hydrogen) atoms. The van der Waals surface area contributed by atoms with Gasteiger partial charge in [-0.3, -0.25) is 4.90 Å². The molecule has 0 heterocycles. The van der Waals surface area contributed by atoms with Crippen molar-refractivity contribution >= 4 is 0 Å². The molecule has 0 saturated heterocycles. The maximum Gasteiger partial charge on any atom is 0.401 e. The highest BCUT2D eigenvalue weighted by Gasteiger charge is 2.44. The first kappa shape index (κ1) is 24.5. The smallest absolute Gasteiger partial charge is 0.281 e. The fraction of sp³-hybridized carbons (Fsp3) is 1.00. The number of halogens is 6. The SMILES string of the molecule is CCCCCCC(C)(CCCCCC)N(CC(F)(F)F)CC(F)(F)F. The Morgan fingerprint density at radius 1 is 0.600 bits per heavy atom. The predicted octanol–water partition coefficient (Wildman–Crippen LogP) is 7.11. The quantitative estimate of drug-likeness (QED) is 0.244. The van der Waals surface area contributed by atoms with Gasteiger partial charge >= 0.3 is 12.4 Å². The van der Waals surface area contributed by atoms with E-state index in [9.17, 15) is 26.3 Å². The van der Waals surface area contributed by atoms with Crippen molar-refractivity contribution in [1.29, 1.82) is 0 Å². The molecule has 0 aromatic heterocycles. The van der Waals surface area contributed by atoms with Crippen LogP contribution in [0.25, 0.3) is 0 Å². The van der Waals surface area contributed by atoms with Crippen LogP contribution in [0.5, 0.6) is 0 Å². The second-order valence-corrected chi connectivity index (χ2v) is 7.20. The van der Waals surface area contributed by atoms with Crippen molar-refractivity contribution in [1.82, 2.24) is 4.90 Å². The molecule has 0 amide bonds. The first-order chi connectivity index (χ1) is 11.4. The summed E-state index contributed by atoms with van der Waals surface area (Å²) in [5.41, 5.74) is -1.08. The summed E-state index contributed by atoms with van der Waals surface area (Å²) in [6, 6.07) is 0. The van der Waals surface area contributed by atoms with Gasteiger partial charge in [-0.25, -0.2) is 0 Å². The topological polar surface area (TPSA) is 3.24 Å². The fourth-order valence-electron chi connectivity index (χ4n) is 3.18. The van der Waals surface area contributed by atoms with Crippen molar-refractivity contribution in [2.75, 3.05) is 13.1 Å². The first-order valence-electron chi connectivity index (χ1n) is 9.32. The zero-order chi connectivity index (χ0) is 19.6. The number of hydrogen-bond donors (Lipinski definition) is 0. The molecule has 0 radical (unpaired) electrons. The first-order valence-corrected chi connectivity index (χ1v) is 9.32. The summed E-state index contributed by atoms with van der Waals surface area (Å²) in [6.45, 7) is 2.59. The van der Waals surface area contributed by atoms with Gasteiger partial charge in [-0.05, 0) is 19.8 Å². The van der Waals surface area contributed by atoms with Crippen molar-refractivity contribution in [3.8, 4) is 0 Å². The van der Waals surface area contributed by atoms with E-state index in [-0.39, 0.29) is 0 Å². The van der Waals surface area contributed by atoms with Crippen LogP contribution in [0.2, 0.25) is 0 Å². The van der Waals surface area contributed by atoms with Crippen LogP contribution in [0.15, 0.2) is 0 Å². The monoisotopic (exact) mass is 377 g/mol. The summed E-state index contributed by atoms with van der Waals surface area (Å²) in [6.07, 6.45) is -1.71. The van der Waals surface area contributed by atoms with E-state index in [0.29, 0.717) is 30.6 Å². The maximum atomic E-state index is 12.9. The molecule has 0 rings (SSSR count). The fourth-order valence-corrected chi connectivity index (χ4v) is 3.18. The third kappa shape index (κ3) is 12.5. The van der Waals surface area contributed by atoms with E-state index in [1.165, 1.54) is 0 Å². The number of hydrogen-bond acceptors (Lipinski definition) is 1. The summed E-state index contributed by atoms with van der Waals surface area (Å²) in [5.74, 6) is 0. The molecule has 0 saturated carbocycles. The Balaban J connectivity index is 5.17. The molecule has 152 valence electrons. The molecule has 0 fully saturated rings. The number of unbranched alkanes of at least 4 members (excludes halogenated alkanes) is 6. The van der Waals surface area contributed by atoms with E-state index in [0.717, 1.165) is 38.5 Å². The molecular formula is C18H33F6N. The average molecular weight is 377 g/mol. The lowest BCUT2D eigenvalue weighted by atomic mass is 9.86. The lowest BCUT2D eigenvalue weighted by Gasteiger charge is -2.42. The summed E-state index contributed by atoms with van der Waals surface area (Å²) >= 11 is 0. The molecule has 0 aromatic carbocycles. The highest BCUT2D eigenvalue weighted by molar-refractivity contribution is 4.89. The Kier molecular flexibility index (Phi) is 11.1. The second kappa shape index (κ2) is 11.3. The maximum absolute atomic E-state index is 12.9. The third-order valence-electron chi connectivity index (χ3n) is 4.64. The van der Waals surface area contributed by atoms with Gasteiger partial charge in [-0.1, -0.05) is 65.2 Å². The van der Waals surface area contributed by atoms with E-state index in [2.05, 4.69) is 0 Å². The van der Waals surface area contributed by atoms with Crippen molar-refractivity contribution in [3.63, 3.8) is 0 Å². The van der Waals surface area contributed by atoms with Crippen LogP contribution in [0.1, 0.15) is 85.0 Å². The van der Waals surface area contributed by atoms with Crippen LogP contribution < -0.4 is 0 Å². The van der Waals surface area contributed by atoms with Gasteiger partial charge in [0.25, 0.3) is 0 Å². The molecule has 0 atom stereocenters. The molecule has 0 aliphatic carbocycles. The van der Waals surface area contributed by atoms with E-state index in [1.807, 2.05) is 13.8 Å². The molecule has 1 nitrogen and oxygen atoms in total. The van der Waals surface area contributed by atoms with Crippen LogP contribution in [0.3, 0.4) is 0 Å². The number of alkyl halides is 6. The molecule has 0 N–H and O–H groups in total. The summed E-state index contributed by atoms with van der Waals surface area (Å²) < 4.78 is 77.3. The second-order valence-electron chi connectivity index (χ2n) is 7.20. The molecule has 0 spiro atoms. The van der Waals surface area contributed by atoms with Gasteiger partial charge in [-0.15, -0.1) is 0 Å². The molecule has 0 unspecified atom stereocenters. The Morgan fingerprint density at radius 2 is 0.960 bits per heavy atom. The van der Waals surface area contributed by atoms with Gasteiger partial charge in [-0.2, -0.15) is 26.3 Å². The number of nitrogens with zero attached hydrogens (tertiary/aromatic N) is 1. The molecule has 0 aromatic rings. The zero-order valence-corrected chi connectivity index (χ0v) is 15.7. The van der Waals surface area contributed by atoms with Crippen LogP contribution >= 0.6 is 0 Å². The summed E-state index contributed by atoms with van der Waals surface area (Å²) in [5, 5.41) is 0. The molecule has 0 aliphatic rings. The van der Waals surface area contributed by atoms with Gasteiger partial charge in [0, 0.05) is 5.54 Å². The van der Waals surface area contributed by atoms with Crippen LogP contribution in [-0.4, -0.2) is 35.9 Å². The molecule has 7 heteroatoms. The summed E-state index contributed by atoms with van der Waals surface area (Å²) in [7, 11) is 0. The van der Waals surface area contributed by atoms with Crippen LogP contribution in [-0.2, 0) is 0 Å². The lowest BCUT2D eigenvalue weighted by Crippen LogP contribution is -2.53. The lowest BCUT2D eigenvalue weighted by molar-refractivity contribution is -0.198. The van der Waals surface area contributed by atoms with Gasteiger partial charge < -0.3 is 0 Å². The highest BCUT2D eigenvalue weighted by atomic mass is 19.4. The van der Waals surface area contributed by atoms with E-state index >= 15 is 0 Å². The largest absolute Gasteiger partial charge is 0.401 e. The minimum absolute atomic E-state index is 0.366. The minimum atomic E-state index is -4.64. The van der Waals surface area contributed by atoms with Crippen molar-refractivity contribution in [3.05, 3.63) is 0 Å². The Bertz CT molecular complexity index is 309. The Hall–Kier alpha value is -0.460. The van der Waals surface area contributed by atoms with E-state index in [1.54, 1.807) is 6.92 Å². The van der Waals surface area contributed by atoms with Crippen molar-refractivity contribution < 1.29 is 26.3 Å². The average Bonchev–Trinajstić information content (AvgIpc) is 2.45. The van der Waals surface area contributed by atoms with Gasteiger partial charge in [0.1, 0.15) is 0 Å². The van der Waals surface area contributed by atoms with E-state index < -0.39 is 31.0 Å². The normalized spacial score (nSPS) is 13.7. The predicted molar refractivity (Wildman–Crippen MR) is 89.6 cm³/mol. The van der Waals surface area contributed by atoms with E-state index in [4.69, 9.17) is 0 Å². The molecular weight excluding hydrogens is 344 g/mol. The van der Waals surface area contributed by atoms with Crippen LogP contribution in [0, 0.1) is 0 Å². The minimum Gasteiger partial charge on any atom is -0.281 e. The zero-order valence-electron chi connectivity index (χ0n) is 15.7. The number of rotatable bonds is 13. The van der Waals surface area contributed by atoms with Crippen molar-refractivity contribution in [2.45, 2.75) is 103 Å². The van der Waals surface area contributed by atoms with Gasteiger partial charge in [0.05, 0.1) is 13.1 Å². The van der Waals surface area contributed by atoms with Crippen molar-refractivity contribution in [2.24, 2.45) is 0 Å². The summed E-state index contributed by atoms with van der Waals surface area (Å²) in [4.78, 5) is 0.616. The Morgan fingerprint density at radius 3 is 1.24 bits per heavy atom. The van der Waals surface area contributed by atoms with Crippen LogP contribution in [0.4, 0.5) is 26.3 Å². The Labute approximate surface area is 148 Å². The van der Waals surface area contributed by atoms with Gasteiger partial charge in [0.2, 0.25) is 0 Å². The molecule has 0 aliphatic heterocycles. The highest BCUT2D eigenvalue weighted by Crippen LogP contribution is 2.34.